The molecule has 0 atom stereocenters. The van der Waals surface area contributed by atoms with Crippen LogP contribution in [-0.2, 0) is 19.8 Å². The molecular formula is C22H21NO5. The van der Waals surface area contributed by atoms with Gasteiger partial charge in [-0.3, -0.25) is 14.4 Å². The van der Waals surface area contributed by atoms with Crippen LogP contribution < -0.4 is 5.32 Å². The van der Waals surface area contributed by atoms with Crippen molar-refractivity contribution >= 4 is 23.4 Å². The summed E-state index contributed by atoms with van der Waals surface area (Å²) in [6.45, 7) is 4.69. The van der Waals surface area contributed by atoms with E-state index in [0.717, 1.165) is 16.7 Å². The van der Waals surface area contributed by atoms with E-state index in [1.807, 2.05) is 37.3 Å². The van der Waals surface area contributed by atoms with Crippen molar-refractivity contribution in [1.82, 2.24) is 5.32 Å². The van der Waals surface area contributed by atoms with E-state index in [1.54, 1.807) is 26.0 Å². The summed E-state index contributed by atoms with van der Waals surface area (Å²) in [4.78, 5) is 36.0. The first-order valence-electron chi connectivity index (χ1n) is 8.83. The van der Waals surface area contributed by atoms with Gasteiger partial charge in [-0.25, -0.2) is 0 Å². The third-order valence-electron chi connectivity index (χ3n) is 5.06. The smallest absolute Gasteiger partial charge is 0.322 e. The molecule has 1 amide bonds. The number of carbonyl (C=O) groups is 3. The molecule has 28 heavy (non-hydrogen) atoms. The van der Waals surface area contributed by atoms with Crippen molar-refractivity contribution in [3.8, 4) is 11.1 Å². The number of hydrogen-bond acceptors (Lipinski definition) is 4. The Morgan fingerprint density at radius 3 is 2.39 bits per heavy atom. The molecule has 2 aromatic rings. The Labute approximate surface area is 162 Å². The summed E-state index contributed by atoms with van der Waals surface area (Å²) in [6.07, 6.45) is 0. The number of amides is 1. The minimum atomic E-state index is -1.24. The number of aliphatic hydroxyl groups is 1. The minimum Gasteiger partial charge on any atom is -0.506 e. The van der Waals surface area contributed by atoms with Gasteiger partial charge in [-0.05, 0) is 49.1 Å². The molecule has 3 rings (SSSR count). The van der Waals surface area contributed by atoms with E-state index >= 15 is 0 Å². The topological polar surface area (TPSA) is 104 Å². The van der Waals surface area contributed by atoms with Gasteiger partial charge in [0.25, 0.3) is 5.91 Å². The highest BCUT2D eigenvalue weighted by Crippen LogP contribution is 2.41. The fourth-order valence-electron chi connectivity index (χ4n) is 3.48. The second-order valence-corrected chi connectivity index (χ2v) is 7.33. The molecule has 1 aliphatic carbocycles. The Hall–Kier alpha value is -3.41. The predicted octanol–water partition coefficient (Wildman–Crippen LogP) is 2.99. The van der Waals surface area contributed by atoms with Crippen LogP contribution in [0.15, 0.2) is 48.0 Å². The molecular weight excluding hydrogens is 358 g/mol. The minimum absolute atomic E-state index is 0.394. The Kier molecular flexibility index (Phi) is 4.81. The first-order chi connectivity index (χ1) is 13.1. The molecule has 0 radical (unpaired) electrons. The number of fused-ring (bicyclic) bond motifs is 1. The summed E-state index contributed by atoms with van der Waals surface area (Å²) in [5.41, 5.74) is 2.43. The Morgan fingerprint density at radius 2 is 1.75 bits per heavy atom. The van der Waals surface area contributed by atoms with E-state index in [1.165, 1.54) is 0 Å². The molecule has 0 heterocycles. The molecule has 144 valence electrons. The van der Waals surface area contributed by atoms with Crippen LogP contribution in [0, 0.1) is 6.92 Å². The van der Waals surface area contributed by atoms with Crippen LogP contribution in [0.1, 0.15) is 30.5 Å². The zero-order valence-corrected chi connectivity index (χ0v) is 15.9. The van der Waals surface area contributed by atoms with Crippen LogP contribution in [0.2, 0.25) is 0 Å². The zero-order valence-electron chi connectivity index (χ0n) is 15.9. The Balaban J connectivity index is 2.16. The molecule has 0 spiro atoms. The van der Waals surface area contributed by atoms with Crippen molar-refractivity contribution in [2.24, 2.45) is 0 Å². The van der Waals surface area contributed by atoms with Crippen molar-refractivity contribution < 1.29 is 24.6 Å². The first kappa shape index (κ1) is 19.4. The van der Waals surface area contributed by atoms with Gasteiger partial charge in [-0.1, -0.05) is 36.4 Å². The number of ketones is 1. The second-order valence-electron chi connectivity index (χ2n) is 7.33. The van der Waals surface area contributed by atoms with Gasteiger partial charge in [0, 0.05) is 5.56 Å². The SMILES string of the molecule is Cc1ccccc1-c1ccc2c(c1)C(O)=C(C(=O)NCC(=O)O)C(=O)C2(C)C. The summed E-state index contributed by atoms with van der Waals surface area (Å²) >= 11 is 0. The summed E-state index contributed by atoms with van der Waals surface area (Å²) in [7, 11) is 0. The monoisotopic (exact) mass is 379 g/mol. The second kappa shape index (κ2) is 6.96. The lowest BCUT2D eigenvalue weighted by molar-refractivity contribution is -0.138. The number of carboxylic acids is 1. The van der Waals surface area contributed by atoms with Gasteiger partial charge < -0.3 is 15.5 Å². The fourth-order valence-corrected chi connectivity index (χ4v) is 3.48. The quantitative estimate of drug-likeness (QED) is 0.709. The largest absolute Gasteiger partial charge is 0.506 e. The number of carbonyl (C=O) groups excluding carboxylic acids is 2. The van der Waals surface area contributed by atoms with Crippen molar-refractivity contribution in [1.29, 1.82) is 0 Å². The highest BCUT2D eigenvalue weighted by molar-refractivity contribution is 6.28. The molecule has 0 aromatic heterocycles. The first-order valence-corrected chi connectivity index (χ1v) is 8.83. The number of Topliss-reactive ketones (excluding diaryl/α,β-unsaturated/α-hetero) is 1. The van der Waals surface area contributed by atoms with Crippen LogP contribution in [-0.4, -0.2) is 34.4 Å². The Bertz CT molecular complexity index is 1030. The average molecular weight is 379 g/mol. The predicted molar refractivity (Wildman–Crippen MR) is 105 cm³/mol. The van der Waals surface area contributed by atoms with Gasteiger partial charge in [0.2, 0.25) is 0 Å². The van der Waals surface area contributed by atoms with Crippen molar-refractivity contribution in [2.75, 3.05) is 6.54 Å². The number of rotatable bonds is 4. The van der Waals surface area contributed by atoms with E-state index < -0.39 is 41.0 Å². The molecule has 0 aliphatic heterocycles. The molecule has 0 saturated carbocycles. The average Bonchev–Trinajstić information content (AvgIpc) is 2.65. The lowest BCUT2D eigenvalue weighted by Crippen LogP contribution is -2.42. The van der Waals surface area contributed by atoms with Gasteiger partial charge in [-0.2, -0.15) is 0 Å². The van der Waals surface area contributed by atoms with E-state index in [0.29, 0.717) is 11.1 Å². The number of carboxylic acid groups (broad SMARTS) is 1. The van der Waals surface area contributed by atoms with Crippen LogP contribution in [0.4, 0.5) is 0 Å². The maximum atomic E-state index is 12.9. The molecule has 6 heteroatoms. The van der Waals surface area contributed by atoms with Gasteiger partial charge in [0.15, 0.2) is 5.78 Å². The summed E-state index contributed by atoms with van der Waals surface area (Å²) in [6, 6.07) is 13.2. The molecule has 0 bridgehead atoms. The number of aliphatic carboxylic acids is 1. The molecule has 6 nitrogen and oxygen atoms in total. The van der Waals surface area contributed by atoms with Crippen LogP contribution in [0.3, 0.4) is 0 Å². The molecule has 2 aromatic carbocycles. The zero-order chi connectivity index (χ0) is 20.6. The highest BCUT2D eigenvalue weighted by Gasteiger charge is 2.43. The molecule has 1 aliphatic rings. The van der Waals surface area contributed by atoms with E-state index in [-0.39, 0.29) is 0 Å². The van der Waals surface area contributed by atoms with Gasteiger partial charge in [0.1, 0.15) is 17.9 Å². The number of nitrogens with one attached hydrogen (secondary N) is 1. The summed E-state index contributed by atoms with van der Waals surface area (Å²) in [5.74, 6) is -3.12. The van der Waals surface area contributed by atoms with Crippen LogP contribution in [0.5, 0.6) is 0 Å². The number of hydrogen-bond donors (Lipinski definition) is 3. The maximum Gasteiger partial charge on any atom is 0.322 e. The third-order valence-corrected chi connectivity index (χ3v) is 5.06. The lowest BCUT2D eigenvalue weighted by atomic mass is 9.70. The summed E-state index contributed by atoms with van der Waals surface area (Å²) < 4.78 is 0. The van der Waals surface area contributed by atoms with Gasteiger partial charge >= 0.3 is 5.97 Å². The van der Waals surface area contributed by atoms with Crippen LogP contribution >= 0.6 is 0 Å². The molecule has 0 fully saturated rings. The van der Waals surface area contributed by atoms with Crippen molar-refractivity contribution in [3.05, 3.63) is 64.7 Å². The fraction of sp³-hybridized carbons (Fsp3) is 0.227. The van der Waals surface area contributed by atoms with Crippen LogP contribution in [0.25, 0.3) is 16.9 Å². The maximum absolute atomic E-state index is 12.9. The Morgan fingerprint density at radius 1 is 1.07 bits per heavy atom. The number of aliphatic hydroxyl groups excluding tert-OH is 1. The lowest BCUT2D eigenvalue weighted by Gasteiger charge is -2.32. The van der Waals surface area contributed by atoms with E-state index in [2.05, 4.69) is 5.32 Å². The van der Waals surface area contributed by atoms with Crippen molar-refractivity contribution in [2.45, 2.75) is 26.2 Å². The number of aryl methyl sites for hydroxylation is 1. The van der Waals surface area contributed by atoms with Gasteiger partial charge in [0.05, 0.1) is 5.41 Å². The van der Waals surface area contributed by atoms with Crippen molar-refractivity contribution in [3.63, 3.8) is 0 Å². The molecule has 3 N–H and O–H groups in total. The van der Waals surface area contributed by atoms with E-state index in [4.69, 9.17) is 5.11 Å². The standard InChI is InChI=1S/C22H21NO5/c1-12-6-4-5-7-14(12)13-8-9-16-15(10-13)19(26)18(20(27)22(16,2)3)21(28)23-11-17(24)25/h4-10,26H,11H2,1-3H3,(H,23,28)(H,24,25). The molecule has 0 saturated heterocycles. The third kappa shape index (κ3) is 3.17. The summed E-state index contributed by atoms with van der Waals surface area (Å²) in [5, 5.41) is 21.7. The normalized spacial score (nSPS) is 15.2. The van der Waals surface area contributed by atoms with Gasteiger partial charge in [-0.15, -0.1) is 0 Å². The van der Waals surface area contributed by atoms with E-state index in [9.17, 15) is 19.5 Å². The highest BCUT2D eigenvalue weighted by atomic mass is 16.4. The number of benzene rings is 2. The molecule has 0 unspecified atom stereocenters.